The summed E-state index contributed by atoms with van der Waals surface area (Å²) in [4.78, 5) is 9.41. The minimum atomic E-state index is 0.971. The fraction of sp³-hybridized carbons (Fsp3) is 0. The Morgan fingerprint density at radius 2 is 1.65 bits per heavy atom. The van der Waals surface area contributed by atoms with E-state index in [9.17, 15) is 0 Å². The molecule has 0 aliphatic heterocycles. The molecule has 0 amide bonds. The van der Waals surface area contributed by atoms with E-state index in [2.05, 4.69) is 45.9 Å². The molecule has 0 fully saturated rings. The summed E-state index contributed by atoms with van der Waals surface area (Å²) >= 11 is 0. The van der Waals surface area contributed by atoms with Crippen molar-refractivity contribution in [3.8, 4) is 11.3 Å². The van der Waals surface area contributed by atoms with Crippen LogP contribution in [0.2, 0.25) is 0 Å². The van der Waals surface area contributed by atoms with Crippen molar-refractivity contribution in [3.05, 3.63) is 79.1 Å². The molecule has 0 atom stereocenters. The monoisotopic (exact) mass is 295 g/mol. The number of aromatic nitrogens is 3. The maximum Gasteiger partial charge on any atom is 0.145 e. The number of pyridine rings is 2. The fourth-order valence-electron chi connectivity index (χ4n) is 3.10. The van der Waals surface area contributed by atoms with Gasteiger partial charge in [-0.25, -0.2) is 4.98 Å². The van der Waals surface area contributed by atoms with Crippen molar-refractivity contribution < 1.29 is 0 Å². The summed E-state index contributed by atoms with van der Waals surface area (Å²) in [6, 6.07) is 22.7. The minimum Gasteiger partial charge on any atom is -0.299 e. The van der Waals surface area contributed by atoms with Crippen LogP contribution in [0.15, 0.2) is 79.1 Å². The lowest BCUT2D eigenvalue weighted by molar-refractivity contribution is 1.24. The van der Waals surface area contributed by atoms with Crippen LogP contribution in [0.3, 0.4) is 0 Å². The van der Waals surface area contributed by atoms with Gasteiger partial charge in [-0.1, -0.05) is 42.5 Å². The van der Waals surface area contributed by atoms with Crippen LogP contribution < -0.4 is 0 Å². The number of hydrogen-bond acceptors (Lipinski definition) is 2. The summed E-state index contributed by atoms with van der Waals surface area (Å²) in [5.74, 6) is 0. The van der Waals surface area contributed by atoms with Gasteiger partial charge in [0.1, 0.15) is 5.65 Å². The number of imidazole rings is 1. The summed E-state index contributed by atoms with van der Waals surface area (Å²) in [6.45, 7) is 0. The van der Waals surface area contributed by atoms with Gasteiger partial charge < -0.3 is 0 Å². The van der Waals surface area contributed by atoms with E-state index in [4.69, 9.17) is 4.98 Å². The van der Waals surface area contributed by atoms with Crippen LogP contribution in [-0.2, 0) is 0 Å². The normalized spacial score (nSPS) is 11.5. The maximum atomic E-state index is 4.81. The molecule has 0 bridgehead atoms. The molecule has 0 N–H and O–H groups in total. The summed E-state index contributed by atoms with van der Waals surface area (Å²) in [7, 11) is 0. The van der Waals surface area contributed by atoms with Crippen molar-refractivity contribution >= 4 is 27.5 Å². The largest absolute Gasteiger partial charge is 0.299 e. The zero-order valence-corrected chi connectivity index (χ0v) is 12.3. The number of para-hydroxylation sites is 2. The van der Waals surface area contributed by atoms with Gasteiger partial charge in [0.25, 0.3) is 0 Å². The van der Waals surface area contributed by atoms with Crippen LogP contribution in [0.25, 0.3) is 38.7 Å². The quantitative estimate of drug-likeness (QED) is 0.448. The highest BCUT2D eigenvalue weighted by molar-refractivity contribution is 5.99. The summed E-state index contributed by atoms with van der Waals surface area (Å²) in [5.41, 5.74) is 5.20. The van der Waals surface area contributed by atoms with Gasteiger partial charge in [0.05, 0.1) is 16.7 Å². The van der Waals surface area contributed by atoms with E-state index in [1.807, 2.05) is 42.6 Å². The molecule has 0 radical (unpaired) electrons. The molecule has 0 saturated heterocycles. The smallest absolute Gasteiger partial charge is 0.145 e. The van der Waals surface area contributed by atoms with E-state index in [-0.39, 0.29) is 0 Å². The molecule has 3 heterocycles. The van der Waals surface area contributed by atoms with E-state index in [1.54, 1.807) is 0 Å². The van der Waals surface area contributed by atoms with Crippen molar-refractivity contribution in [2.24, 2.45) is 0 Å². The highest BCUT2D eigenvalue weighted by Crippen LogP contribution is 2.27. The predicted molar refractivity (Wildman–Crippen MR) is 93.4 cm³/mol. The Balaban J connectivity index is 1.88. The Morgan fingerprint density at radius 1 is 0.826 bits per heavy atom. The number of fused-ring (bicyclic) bond motifs is 5. The fourth-order valence-corrected chi connectivity index (χ4v) is 3.10. The van der Waals surface area contributed by atoms with Gasteiger partial charge in [-0.2, -0.15) is 0 Å². The van der Waals surface area contributed by atoms with Gasteiger partial charge in [0, 0.05) is 28.7 Å². The second-order valence-corrected chi connectivity index (χ2v) is 5.63. The van der Waals surface area contributed by atoms with Crippen LogP contribution in [0.1, 0.15) is 0 Å². The van der Waals surface area contributed by atoms with Gasteiger partial charge in [-0.3, -0.25) is 9.38 Å². The molecule has 0 unspecified atom stereocenters. The van der Waals surface area contributed by atoms with Gasteiger partial charge in [-0.15, -0.1) is 0 Å². The molecule has 2 aromatic carbocycles. The lowest BCUT2D eigenvalue weighted by atomic mass is 10.1. The molecule has 3 aromatic heterocycles. The van der Waals surface area contributed by atoms with E-state index in [0.717, 1.165) is 38.7 Å². The van der Waals surface area contributed by atoms with Crippen molar-refractivity contribution in [1.82, 2.24) is 14.4 Å². The van der Waals surface area contributed by atoms with Crippen molar-refractivity contribution in [3.63, 3.8) is 0 Å². The van der Waals surface area contributed by atoms with Crippen molar-refractivity contribution in [1.29, 1.82) is 0 Å². The van der Waals surface area contributed by atoms with Gasteiger partial charge in [0.2, 0.25) is 0 Å². The van der Waals surface area contributed by atoms with Crippen LogP contribution in [0, 0.1) is 0 Å². The third-order valence-electron chi connectivity index (χ3n) is 4.24. The molecule has 5 rings (SSSR count). The van der Waals surface area contributed by atoms with E-state index < -0.39 is 0 Å². The lowest BCUT2D eigenvalue weighted by Crippen LogP contribution is -1.89. The summed E-state index contributed by atoms with van der Waals surface area (Å²) in [6.07, 6.45) is 3.99. The molecule has 3 heteroatoms. The van der Waals surface area contributed by atoms with Crippen molar-refractivity contribution in [2.75, 3.05) is 0 Å². The number of hydrogen-bond donors (Lipinski definition) is 0. The molecule has 0 spiro atoms. The number of nitrogens with zero attached hydrogens (tertiary/aromatic N) is 3. The average Bonchev–Trinajstić information content (AvgIpc) is 3.01. The van der Waals surface area contributed by atoms with E-state index in [0.29, 0.717) is 0 Å². The lowest BCUT2D eigenvalue weighted by Gasteiger charge is -2.05. The average molecular weight is 295 g/mol. The Bertz CT molecular complexity index is 1160. The SMILES string of the molecule is c1ccc(-c2cc3c(ccn4c5ccccc5nc34)cn2)cc1. The highest BCUT2D eigenvalue weighted by Gasteiger charge is 2.09. The Morgan fingerprint density at radius 3 is 2.57 bits per heavy atom. The second-order valence-electron chi connectivity index (χ2n) is 5.63. The maximum absolute atomic E-state index is 4.81. The molecular formula is C20H13N3. The number of rotatable bonds is 1. The topological polar surface area (TPSA) is 30.2 Å². The first kappa shape index (κ1) is 12.4. The number of benzene rings is 2. The van der Waals surface area contributed by atoms with Crippen LogP contribution in [0.4, 0.5) is 0 Å². The molecule has 5 aromatic rings. The first-order chi connectivity index (χ1) is 11.4. The first-order valence-corrected chi connectivity index (χ1v) is 7.61. The van der Waals surface area contributed by atoms with Gasteiger partial charge in [0.15, 0.2) is 0 Å². The highest BCUT2D eigenvalue weighted by atomic mass is 15.0. The molecule has 0 aliphatic rings. The van der Waals surface area contributed by atoms with Crippen LogP contribution in [-0.4, -0.2) is 14.4 Å². The Hall–Kier alpha value is -3.20. The molecule has 0 saturated carbocycles. The predicted octanol–water partition coefficient (Wildman–Crippen LogP) is 4.70. The van der Waals surface area contributed by atoms with Gasteiger partial charge >= 0.3 is 0 Å². The minimum absolute atomic E-state index is 0.971. The summed E-state index contributed by atoms with van der Waals surface area (Å²) < 4.78 is 2.15. The third-order valence-corrected chi connectivity index (χ3v) is 4.24. The molecule has 3 nitrogen and oxygen atoms in total. The Labute approximate surface area is 132 Å². The van der Waals surface area contributed by atoms with Crippen LogP contribution >= 0.6 is 0 Å². The standard InChI is InChI=1S/C20H13N3/c1-2-6-14(7-3-1)18-12-16-15(13-21-18)10-11-23-19-9-5-4-8-17(19)22-20(16)23/h1-13H. The van der Waals surface area contributed by atoms with E-state index in [1.165, 1.54) is 0 Å². The van der Waals surface area contributed by atoms with Crippen LogP contribution in [0.5, 0.6) is 0 Å². The first-order valence-electron chi connectivity index (χ1n) is 7.61. The van der Waals surface area contributed by atoms with Crippen molar-refractivity contribution in [2.45, 2.75) is 0 Å². The van der Waals surface area contributed by atoms with Gasteiger partial charge in [-0.05, 0) is 24.3 Å². The molecule has 108 valence electrons. The molecule has 0 aliphatic carbocycles. The third kappa shape index (κ3) is 1.83. The molecule has 23 heavy (non-hydrogen) atoms. The zero-order chi connectivity index (χ0) is 15.2. The van der Waals surface area contributed by atoms with E-state index >= 15 is 0 Å². The summed E-state index contributed by atoms with van der Waals surface area (Å²) in [5, 5.41) is 2.23. The molecular weight excluding hydrogens is 282 g/mol. The zero-order valence-electron chi connectivity index (χ0n) is 12.3. The Kier molecular flexibility index (Phi) is 2.50. The second kappa shape index (κ2) is 4.65.